The second kappa shape index (κ2) is 17.6. The lowest BCUT2D eigenvalue weighted by Crippen LogP contribution is -2.64. The SMILES string of the molecule is C=CCNC(=O)C(=O)C(CC1CC1)NC(=O)[C@@H]1C[C@@H](OC(N)=O)CN1C(=O)[C@@H](NC(=O)NC1(CS(=O)C(C)(C)C)CCCCC1)C1(C)CCCCC1. The third-order valence-corrected chi connectivity index (χ3v) is 13.3. The Bertz CT molecular complexity index is 1380. The van der Waals surface area contributed by atoms with Crippen molar-refractivity contribution in [1.29, 1.82) is 0 Å². The molecule has 52 heavy (non-hydrogen) atoms. The third kappa shape index (κ3) is 11.0. The molecule has 4 aliphatic rings. The molecule has 292 valence electrons. The summed E-state index contributed by atoms with van der Waals surface area (Å²) in [7, 11) is -1.23. The van der Waals surface area contributed by atoms with Gasteiger partial charge in [0.25, 0.3) is 5.91 Å². The van der Waals surface area contributed by atoms with Crippen LogP contribution in [0.3, 0.4) is 0 Å². The number of nitrogens with zero attached hydrogens (tertiary/aromatic N) is 1. The summed E-state index contributed by atoms with van der Waals surface area (Å²) in [5, 5.41) is 11.4. The molecule has 4 rings (SSSR count). The van der Waals surface area contributed by atoms with Gasteiger partial charge in [0.1, 0.15) is 18.2 Å². The fourth-order valence-electron chi connectivity index (χ4n) is 7.89. The normalized spacial score (nSPS) is 24.3. The van der Waals surface area contributed by atoms with Gasteiger partial charge < -0.3 is 36.6 Å². The number of likely N-dealkylation sites (tertiary alicyclic amines) is 1. The van der Waals surface area contributed by atoms with E-state index >= 15 is 0 Å². The van der Waals surface area contributed by atoms with Gasteiger partial charge in [-0.3, -0.25) is 23.4 Å². The monoisotopic (exact) mass is 748 g/mol. The predicted molar refractivity (Wildman–Crippen MR) is 197 cm³/mol. The molecule has 15 heteroatoms. The number of carbonyl (C=O) groups excluding carboxylic acids is 6. The van der Waals surface area contributed by atoms with Crippen molar-refractivity contribution < 1.29 is 37.7 Å². The fraction of sp³-hybridized carbons (Fsp3) is 0.784. The van der Waals surface area contributed by atoms with Gasteiger partial charge in [0.2, 0.25) is 17.6 Å². The number of rotatable bonds is 15. The maximum absolute atomic E-state index is 14.8. The number of amides is 6. The van der Waals surface area contributed by atoms with Crippen molar-refractivity contribution >= 4 is 46.4 Å². The Labute approximate surface area is 310 Å². The number of ether oxygens (including phenoxy) is 1. The lowest BCUT2D eigenvalue weighted by Gasteiger charge is -2.44. The largest absolute Gasteiger partial charge is 0.444 e. The van der Waals surface area contributed by atoms with Crippen LogP contribution in [0.1, 0.15) is 118 Å². The molecule has 3 aliphatic carbocycles. The number of carbonyl (C=O) groups is 6. The van der Waals surface area contributed by atoms with Crippen LogP contribution in [0.4, 0.5) is 9.59 Å². The average molecular weight is 749 g/mol. The molecule has 3 saturated carbocycles. The van der Waals surface area contributed by atoms with E-state index in [-0.39, 0.29) is 31.8 Å². The number of Topliss-reactive ketones (excluding diaryl/α,β-unsaturated/α-hetero) is 1. The van der Waals surface area contributed by atoms with Gasteiger partial charge in [-0.2, -0.15) is 0 Å². The quantitative estimate of drug-likeness (QED) is 0.124. The minimum Gasteiger partial charge on any atom is -0.444 e. The molecule has 0 aromatic heterocycles. The second-order valence-corrected chi connectivity index (χ2v) is 18.8. The molecular formula is C37H60N6O8S. The van der Waals surface area contributed by atoms with Gasteiger partial charge >= 0.3 is 12.1 Å². The molecule has 0 radical (unpaired) electrons. The molecule has 1 heterocycles. The van der Waals surface area contributed by atoms with E-state index in [1.54, 1.807) is 0 Å². The van der Waals surface area contributed by atoms with E-state index in [4.69, 9.17) is 10.5 Å². The summed E-state index contributed by atoms with van der Waals surface area (Å²) in [6, 6.07) is -3.86. The molecule has 0 spiro atoms. The highest BCUT2D eigenvalue weighted by molar-refractivity contribution is 7.86. The molecule has 14 nitrogen and oxygen atoms in total. The minimum absolute atomic E-state index is 0.0785. The zero-order valence-corrected chi connectivity index (χ0v) is 32.2. The molecule has 6 N–H and O–H groups in total. The summed E-state index contributed by atoms with van der Waals surface area (Å²) in [4.78, 5) is 81.8. The first-order valence-electron chi connectivity index (χ1n) is 18.9. The third-order valence-electron chi connectivity index (χ3n) is 11.2. The predicted octanol–water partition coefficient (Wildman–Crippen LogP) is 3.10. The van der Waals surface area contributed by atoms with Crippen LogP contribution < -0.4 is 27.0 Å². The number of urea groups is 1. The summed E-state index contributed by atoms with van der Waals surface area (Å²) < 4.78 is 18.2. The lowest BCUT2D eigenvalue weighted by molar-refractivity contribution is -0.144. The zero-order valence-electron chi connectivity index (χ0n) is 31.4. The van der Waals surface area contributed by atoms with Crippen LogP contribution in [-0.4, -0.2) is 98.1 Å². The first-order chi connectivity index (χ1) is 24.5. The molecule has 1 aliphatic heterocycles. The van der Waals surface area contributed by atoms with Crippen LogP contribution in [0.5, 0.6) is 0 Å². The average Bonchev–Trinajstić information content (AvgIpc) is 3.80. The van der Waals surface area contributed by atoms with E-state index in [2.05, 4.69) is 27.8 Å². The van der Waals surface area contributed by atoms with Crippen LogP contribution in [0.25, 0.3) is 0 Å². The van der Waals surface area contributed by atoms with Gasteiger partial charge in [-0.05, 0) is 64.2 Å². The Morgan fingerprint density at radius 3 is 2.15 bits per heavy atom. The topological polar surface area (TPSA) is 206 Å². The van der Waals surface area contributed by atoms with Crippen molar-refractivity contribution in [2.45, 2.75) is 152 Å². The van der Waals surface area contributed by atoms with Gasteiger partial charge in [-0.15, -0.1) is 6.58 Å². The standard InChI is InChI=1S/C37H60N6O8S/c1-6-19-39-31(46)28(44)26(20-24-13-14-24)40-30(45)27-21-25(51-33(38)48)22-43(27)32(47)29(36(5)15-9-7-10-16-36)41-34(49)42-37(17-11-8-12-18-37)23-52(50)35(2,3)4/h6,24-27,29H,1,7-23H2,2-5H3,(H2,38,48)(H,39,46)(H,40,45)(H2,41,42,49)/t25-,26?,27+,29-,52?/m1/s1. The van der Waals surface area contributed by atoms with Crippen LogP contribution in [0.2, 0.25) is 0 Å². The van der Waals surface area contributed by atoms with E-state index < -0.39 is 86.4 Å². The number of primary amides is 1. The van der Waals surface area contributed by atoms with Crippen LogP contribution in [-0.2, 0) is 34.7 Å². The summed E-state index contributed by atoms with van der Waals surface area (Å²) >= 11 is 0. The second-order valence-electron chi connectivity index (χ2n) is 16.6. The van der Waals surface area contributed by atoms with Crippen molar-refractivity contribution in [2.75, 3.05) is 18.8 Å². The Morgan fingerprint density at radius 1 is 0.981 bits per heavy atom. The Balaban J connectivity index is 1.60. The highest BCUT2D eigenvalue weighted by Gasteiger charge is 2.50. The molecular weight excluding hydrogens is 689 g/mol. The van der Waals surface area contributed by atoms with Crippen LogP contribution in [0.15, 0.2) is 12.7 Å². The minimum atomic E-state index is -1.23. The molecule has 6 amide bonds. The summed E-state index contributed by atoms with van der Waals surface area (Å²) in [5.41, 5.74) is 4.00. The molecule has 0 aromatic rings. The fourth-order valence-corrected chi connectivity index (χ4v) is 9.19. The van der Waals surface area contributed by atoms with Crippen molar-refractivity contribution in [3.8, 4) is 0 Å². The molecule has 2 unspecified atom stereocenters. The number of ketones is 1. The van der Waals surface area contributed by atoms with Gasteiger partial charge in [0, 0.05) is 34.3 Å². The Hall–Kier alpha value is -3.49. The van der Waals surface area contributed by atoms with Gasteiger partial charge in [0.05, 0.1) is 18.1 Å². The Kier molecular flexibility index (Phi) is 13.9. The van der Waals surface area contributed by atoms with E-state index in [1.807, 2.05) is 27.7 Å². The number of hydrogen-bond acceptors (Lipinski definition) is 8. The van der Waals surface area contributed by atoms with E-state index in [9.17, 15) is 33.0 Å². The zero-order chi connectivity index (χ0) is 38.3. The van der Waals surface area contributed by atoms with Crippen molar-refractivity contribution in [3.05, 3.63) is 12.7 Å². The number of nitrogens with one attached hydrogen (secondary N) is 4. The smallest absolute Gasteiger partial charge is 0.404 e. The van der Waals surface area contributed by atoms with Gasteiger partial charge in [-0.25, -0.2) is 9.59 Å². The van der Waals surface area contributed by atoms with Crippen molar-refractivity contribution in [2.24, 2.45) is 17.1 Å². The summed E-state index contributed by atoms with van der Waals surface area (Å²) in [5.74, 6) is -2.34. The van der Waals surface area contributed by atoms with Crippen molar-refractivity contribution in [3.63, 3.8) is 0 Å². The van der Waals surface area contributed by atoms with E-state index in [1.165, 1.54) is 11.0 Å². The highest BCUT2D eigenvalue weighted by Crippen LogP contribution is 2.41. The van der Waals surface area contributed by atoms with E-state index in [0.717, 1.165) is 51.4 Å². The number of nitrogens with two attached hydrogens (primary N) is 1. The maximum Gasteiger partial charge on any atom is 0.404 e. The van der Waals surface area contributed by atoms with Crippen molar-refractivity contribution in [1.82, 2.24) is 26.2 Å². The summed E-state index contributed by atoms with van der Waals surface area (Å²) in [6.07, 6.45) is 9.57. The van der Waals surface area contributed by atoms with Gasteiger partial charge in [-0.1, -0.05) is 64.4 Å². The molecule has 5 atom stereocenters. The first kappa shape index (κ1) is 41.3. The Morgan fingerprint density at radius 2 is 1.60 bits per heavy atom. The lowest BCUT2D eigenvalue weighted by atomic mass is 9.70. The molecule has 0 aromatic carbocycles. The molecule has 1 saturated heterocycles. The molecule has 4 fully saturated rings. The van der Waals surface area contributed by atoms with E-state index in [0.29, 0.717) is 31.4 Å². The molecule has 0 bridgehead atoms. The number of hydrogen-bond donors (Lipinski definition) is 5. The van der Waals surface area contributed by atoms with Gasteiger partial charge in [0.15, 0.2) is 0 Å². The van der Waals surface area contributed by atoms with Crippen LogP contribution in [0, 0.1) is 11.3 Å². The summed E-state index contributed by atoms with van der Waals surface area (Å²) in [6.45, 7) is 11.2. The van der Waals surface area contributed by atoms with Crippen LogP contribution >= 0.6 is 0 Å². The highest BCUT2D eigenvalue weighted by atomic mass is 32.2. The first-order valence-corrected chi connectivity index (χ1v) is 20.3. The maximum atomic E-state index is 14.8.